The molecular formula is C28H32FN3O3. The van der Waals surface area contributed by atoms with Crippen LogP contribution in [-0.4, -0.2) is 72.1 Å². The molecule has 5 rings (SSSR count). The summed E-state index contributed by atoms with van der Waals surface area (Å²) >= 11 is 0. The zero-order valence-electron chi connectivity index (χ0n) is 20.1. The highest BCUT2D eigenvalue weighted by Gasteiger charge is 2.50. The maximum absolute atomic E-state index is 15.1. The van der Waals surface area contributed by atoms with Crippen LogP contribution in [0, 0.1) is 5.82 Å². The summed E-state index contributed by atoms with van der Waals surface area (Å²) in [6, 6.07) is 11.0. The maximum Gasteiger partial charge on any atom is 0.256 e. The Hall–Kier alpha value is -3.03. The number of amides is 2. The molecule has 0 radical (unpaired) electrons. The van der Waals surface area contributed by atoms with E-state index in [2.05, 4.69) is 23.5 Å². The van der Waals surface area contributed by atoms with Crippen LogP contribution in [0.25, 0.3) is 22.8 Å². The van der Waals surface area contributed by atoms with Crippen molar-refractivity contribution in [2.75, 3.05) is 39.8 Å². The van der Waals surface area contributed by atoms with Crippen molar-refractivity contribution in [1.29, 1.82) is 0 Å². The zero-order chi connectivity index (χ0) is 24.6. The third kappa shape index (κ3) is 4.75. The Balaban J connectivity index is 1.34. The molecule has 2 aliphatic carbocycles. The van der Waals surface area contributed by atoms with Crippen molar-refractivity contribution < 1.29 is 19.1 Å². The van der Waals surface area contributed by atoms with Gasteiger partial charge in [0.25, 0.3) is 11.8 Å². The molecule has 2 N–H and O–H groups in total. The normalized spacial score (nSPS) is 19.0. The molecule has 0 atom stereocenters. The van der Waals surface area contributed by atoms with E-state index in [9.17, 15) is 14.7 Å². The molecule has 35 heavy (non-hydrogen) atoms. The first-order chi connectivity index (χ1) is 16.9. The first kappa shape index (κ1) is 23.7. The Morgan fingerprint density at radius 1 is 1.03 bits per heavy atom. The number of piperazine rings is 1. The molecule has 0 spiro atoms. The van der Waals surface area contributed by atoms with Gasteiger partial charge in [0, 0.05) is 32.7 Å². The van der Waals surface area contributed by atoms with E-state index in [1.54, 1.807) is 21.9 Å². The Labute approximate surface area is 204 Å². The molecule has 3 aliphatic rings. The first-order valence-electron chi connectivity index (χ1n) is 12.5. The van der Waals surface area contributed by atoms with Gasteiger partial charge in [0.05, 0.1) is 5.56 Å². The van der Waals surface area contributed by atoms with Gasteiger partial charge in [-0.25, -0.2) is 4.39 Å². The number of rotatable bonds is 5. The van der Waals surface area contributed by atoms with Crippen molar-refractivity contribution in [1.82, 2.24) is 15.1 Å². The summed E-state index contributed by atoms with van der Waals surface area (Å²) in [5.74, 6) is -1.17. The van der Waals surface area contributed by atoms with E-state index in [-0.39, 0.29) is 17.4 Å². The van der Waals surface area contributed by atoms with Gasteiger partial charge < -0.3 is 20.2 Å². The van der Waals surface area contributed by atoms with Gasteiger partial charge >= 0.3 is 0 Å². The van der Waals surface area contributed by atoms with Gasteiger partial charge in [-0.15, -0.1) is 0 Å². The van der Waals surface area contributed by atoms with E-state index >= 15 is 4.39 Å². The smallest absolute Gasteiger partial charge is 0.256 e. The summed E-state index contributed by atoms with van der Waals surface area (Å²) in [4.78, 5) is 28.5. The minimum Gasteiger partial charge on any atom is -0.380 e. The SMILES string of the molecule is CNCC1=c2cc(-c3ccc(C(=O)N4CCN(C(=O)C5(O)CC5)CC4)c(F)c3)ccc2=CCCC1. The molecule has 2 aromatic rings. The highest BCUT2D eigenvalue weighted by Crippen LogP contribution is 2.37. The summed E-state index contributed by atoms with van der Waals surface area (Å²) in [7, 11) is 1.95. The van der Waals surface area contributed by atoms with Gasteiger partial charge in [-0.2, -0.15) is 0 Å². The quantitative estimate of drug-likeness (QED) is 0.687. The Morgan fingerprint density at radius 2 is 1.71 bits per heavy atom. The summed E-state index contributed by atoms with van der Waals surface area (Å²) in [6.45, 7) is 2.18. The third-order valence-electron chi connectivity index (χ3n) is 7.38. The van der Waals surface area contributed by atoms with Crippen LogP contribution >= 0.6 is 0 Å². The molecule has 1 aliphatic heterocycles. The summed E-state index contributed by atoms with van der Waals surface area (Å²) in [5, 5.41) is 15.7. The van der Waals surface area contributed by atoms with Crippen LogP contribution in [0.4, 0.5) is 4.39 Å². The van der Waals surface area contributed by atoms with E-state index in [0.29, 0.717) is 39.0 Å². The standard InChI is InChI=1S/C28H32FN3O3/c1-30-18-22-5-3-2-4-19-6-7-20(16-24(19)22)21-8-9-23(25(29)17-21)26(33)31-12-14-32(15-13-31)27(34)28(35)10-11-28/h4,6-9,16-17,30,35H,2-3,5,10-15,18H2,1H3. The highest BCUT2D eigenvalue weighted by atomic mass is 19.1. The number of aliphatic hydroxyl groups is 1. The topological polar surface area (TPSA) is 72.9 Å². The Morgan fingerprint density at radius 3 is 2.40 bits per heavy atom. The number of carbonyl (C=O) groups is 2. The minimum atomic E-state index is -1.20. The minimum absolute atomic E-state index is 0.0416. The third-order valence-corrected chi connectivity index (χ3v) is 7.38. The molecule has 7 heteroatoms. The summed E-state index contributed by atoms with van der Waals surface area (Å²) < 4.78 is 15.1. The Bertz CT molecular complexity index is 1280. The fourth-order valence-electron chi connectivity index (χ4n) is 5.10. The van der Waals surface area contributed by atoms with Crippen LogP contribution < -0.4 is 15.8 Å². The number of hydrogen-bond acceptors (Lipinski definition) is 4. The van der Waals surface area contributed by atoms with Crippen molar-refractivity contribution >= 4 is 23.5 Å². The van der Waals surface area contributed by atoms with Gasteiger partial charge in [-0.1, -0.05) is 24.3 Å². The number of nitrogens with zero attached hydrogens (tertiary/aromatic N) is 2. The number of benzene rings is 2. The lowest BCUT2D eigenvalue weighted by Crippen LogP contribution is -2.53. The molecule has 0 aromatic heterocycles. The van der Waals surface area contributed by atoms with Crippen LogP contribution in [0.5, 0.6) is 0 Å². The lowest BCUT2D eigenvalue weighted by atomic mass is 9.99. The number of halogens is 1. The van der Waals surface area contributed by atoms with Gasteiger partial charge in [0.15, 0.2) is 0 Å². The van der Waals surface area contributed by atoms with E-state index < -0.39 is 11.4 Å². The fourth-order valence-corrected chi connectivity index (χ4v) is 5.10. The zero-order valence-corrected chi connectivity index (χ0v) is 20.1. The molecule has 2 aromatic carbocycles. The number of nitrogens with one attached hydrogen (secondary N) is 1. The molecule has 6 nitrogen and oxygen atoms in total. The van der Waals surface area contributed by atoms with Crippen molar-refractivity contribution in [3.63, 3.8) is 0 Å². The first-order valence-corrected chi connectivity index (χ1v) is 12.5. The summed E-state index contributed by atoms with van der Waals surface area (Å²) in [6.07, 6.45) is 6.47. The molecule has 0 unspecified atom stereocenters. The van der Waals surface area contributed by atoms with Crippen molar-refractivity contribution in [2.24, 2.45) is 0 Å². The second-order valence-corrected chi connectivity index (χ2v) is 9.84. The molecule has 1 saturated carbocycles. The second-order valence-electron chi connectivity index (χ2n) is 9.84. The summed E-state index contributed by atoms with van der Waals surface area (Å²) in [5.41, 5.74) is 1.86. The van der Waals surface area contributed by atoms with Crippen LogP contribution in [0.3, 0.4) is 0 Å². The molecule has 1 saturated heterocycles. The number of carbonyl (C=O) groups excluding carboxylic acids is 2. The second kappa shape index (κ2) is 9.55. The predicted molar refractivity (Wildman–Crippen MR) is 133 cm³/mol. The van der Waals surface area contributed by atoms with E-state index in [1.165, 1.54) is 22.1 Å². The molecule has 2 fully saturated rings. The largest absolute Gasteiger partial charge is 0.380 e. The highest BCUT2D eigenvalue weighted by molar-refractivity contribution is 5.95. The van der Waals surface area contributed by atoms with E-state index in [4.69, 9.17) is 0 Å². The molecule has 0 bridgehead atoms. The van der Waals surface area contributed by atoms with E-state index in [0.717, 1.165) is 36.9 Å². The van der Waals surface area contributed by atoms with E-state index in [1.807, 2.05) is 13.1 Å². The van der Waals surface area contributed by atoms with Crippen LogP contribution in [-0.2, 0) is 4.79 Å². The van der Waals surface area contributed by atoms with Crippen molar-refractivity contribution in [3.05, 3.63) is 58.2 Å². The molecule has 1 heterocycles. The molecular weight excluding hydrogens is 445 g/mol. The molecule has 2 amide bonds. The van der Waals surface area contributed by atoms with Gasteiger partial charge in [-0.3, -0.25) is 9.59 Å². The van der Waals surface area contributed by atoms with Gasteiger partial charge in [0.1, 0.15) is 11.4 Å². The monoisotopic (exact) mass is 477 g/mol. The van der Waals surface area contributed by atoms with Crippen LogP contribution in [0.15, 0.2) is 36.4 Å². The van der Waals surface area contributed by atoms with Crippen molar-refractivity contribution in [2.45, 2.75) is 37.7 Å². The van der Waals surface area contributed by atoms with Gasteiger partial charge in [-0.05, 0) is 84.5 Å². The van der Waals surface area contributed by atoms with Gasteiger partial charge in [0.2, 0.25) is 0 Å². The predicted octanol–water partition coefficient (Wildman–Crippen LogP) is 1.64. The van der Waals surface area contributed by atoms with Crippen LogP contribution in [0.2, 0.25) is 0 Å². The van der Waals surface area contributed by atoms with Crippen molar-refractivity contribution in [3.8, 4) is 11.1 Å². The average Bonchev–Trinajstić information content (AvgIpc) is 3.66. The maximum atomic E-state index is 15.1. The Kier molecular flexibility index (Phi) is 6.47. The lowest BCUT2D eigenvalue weighted by Gasteiger charge is -2.35. The number of hydrogen-bond donors (Lipinski definition) is 2. The lowest BCUT2D eigenvalue weighted by molar-refractivity contribution is -0.143. The molecule has 184 valence electrons. The average molecular weight is 478 g/mol. The van der Waals surface area contributed by atoms with Crippen LogP contribution in [0.1, 0.15) is 42.5 Å². The fraction of sp³-hybridized carbons (Fsp3) is 0.429. The number of fused-ring (bicyclic) bond motifs is 1.